The van der Waals surface area contributed by atoms with Gasteiger partial charge in [0.1, 0.15) is 0 Å². The van der Waals surface area contributed by atoms with Crippen LogP contribution >= 0.6 is 0 Å². The molecule has 72 valence electrons. The predicted octanol–water partition coefficient (Wildman–Crippen LogP) is 2.86. The van der Waals surface area contributed by atoms with Crippen LogP contribution in [0.4, 0.5) is 0 Å². The van der Waals surface area contributed by atoms with E-state index in [9.17, 15) is 5.11 Å². The number of benzene rings is 1. The summed E-state index contributed by atoms with van der Waals surface area (Å²) in [6.45, 7) is 6.09. The Labute approximate surface area is 80.4 Å². The van der Waals surface area contributed by atoms with E-state index in [-0.39, 0.29) is 6.10 Å². The van der Waals surface area contributed by atoms with Gasteiger partial charge in [0, 0.05) is 0 Å². The van der Waals surface area contributed by atoms with Crippen LogP contribution in [0.1, 0.15) is 43.6 Å². The minimum absolute atomic E-state index is 0.350. The van der Waals surface area contributed by atoms with Crippen molar-refractivity contribution in [2.24, 2.45) is 0 Å². The number of aliphatic hydroxyl groups excluding tert-OH is 1. The number of hydrogen-bond acceptors (Lipinski definition) is 1. The fourth-order valence-corrected chi connectivity index (χ4v) is 1.44. The van der Waals surface area contributed by atoms with Gasteiger partial charge in [0.25, 0.3) is 0 Å². The Balaban J connectivity index is 3.07. The Bertz CT molecular complexity index is 254. The summed E-state index contributed by atoms with van der Waals surface area (Å²) in [5.74, 6) is 0. The van der Waals surface area contributed by atoms with Gasteiger partial charge >= 0.3 is 0 Å². The molecule has 1 aromatic carbocycles. The van der Waals surface area contributed by atoms with E-state index in [0.717, 1.165) is 18.4 Å². The van der Waals surface area contributed by atoms with Crippen LogP contribution in [-0.4, -0.2) is 5.11 Å². The smallest absolute Gasteiger partial charge is 0.0762 e. The van der Waals surface area contributed by atoms with Gasteiger partial charge in [-0.1, -0.05) is 32.0 Å². The Morgan fingerprint density at radius 1 is 1.08 bits per heavy atom. The highest BCUT2D eigenvalue weighted by atomic mass is 16.3. The van der Waals surface area contributed by atoms with E-state index in [1.807, 2.05) is 6.92 Å². The first-order valence-electron chi connectivity index (χ1n) is 4.98. The lowest BCUT2D eigenvalue weighted by atomic mass is 10.00. The lowest BCUT2D eigenvalue weighted by Crippen LogP contribution is -1.95. The Morgan fingerprint density at radius 3 is 1.85 bits per heavy atom. The molecule has 0 saturated heterocycles. The van der Waals surface area contributed by atoms with Crippen LogP contribution in [-0.2, 0) is 12.8 Å². The molecule has 0 bridgehead atoms. The van der Waals surface area contributed by atoms with Crippen LogP contribution in [0.5, 0.6) is 0 Å². The molecule has 1 rings (SSSR count). The molecule has 0 fully saturated rings. The van der Waals surface area contributed by atoms with Crippen molar-refractivity contribution in [3.63, 3.8) is 0 Å². The largest absolute Gasteiger partial charge is 0.389 e. The first kappa shape index (κ1) is 10.3. The summed E-state index contributed by atoms with van der Waals surface area (Å²) in [5, 5.41) is 9.46. The van der Waals surface area contributed by atoms with E-state index in [0.29, 0.717) is 0 Å². The molecule has 1 nitrogen and oxygen atoms in total. The summed E-state index contributed by atoms with van der Waals surface area (Å²) in [5.41, 5.74) is 3.67. The van der Waals surface area contributed by atoms with Gasteiger partial charge in [0.15, 0.2) is 0 Å². The van der Waals surface area contributed by atoms with Crippen LogP contribution in [0.15, 0.2) is 18.2 Å². The molecule has 1 unspecified atom stereocenters. The molecule has 0 aromatic heterocycles. The molecule has 0 aliphatic carbocycles. The van der Waals surface area contributed by atoms with Crippen molar-refractivity contribution in [2.45, 2.75) is 39.7 Å². The standard InChI is InChI=1S/C12H18O/c1-4-10-6-11(5-2)8-12(7-10)9(3)13/h6-9,13H,4-5H2,1-3H3. The summed E-state index contributed by atoms with van der Waals surface area (Å²) >= 11 is 0. The number of hydrogen-bond donors (Lipinski definition) is 1. The highest BCUT2D eigenvalue weighted by molar-refractivity contribution is 5.31. The highest BCUT2D eigenvalue weighted by Crippen LogP contribution is 2.17. The normalized spacial score (nSPS) is 12.9. The Morgan fingerprint density at radius 2 is 1.54 bits per heavy atom. The molecule has 0 spiro atoms. The van der Waals surface area contributed by atoms with E-state index >= 15 is 0 Å². The molecule has 0 heterocycles. The fraction of sp³-hybridized carbons (Fsp3) is 0.500. The Hall–Kier alpha value is -0.820. The third-order valence-electron chi connectivity index (χ3n) is 2.37. The maximum atomic E-state index is 9.46. The Kier molecular flexibility index (Phi) is 3.49. The molecular weight excluding hydrogens is 160 g/mol. The van der Waals surface area contributed by atoms with Crippen molar-refractivity contribution in [1.82, 2.24) is 0 Å². The number of aliphatic hydroxyl groups is 1. The van der Waals surface area contributed by atoms with Gasteiger partial charge in [-0.25, -0.2) is 0 Å². The van der Waals surface area contributed by atoms with Gasteiger partial charge in [0.05, 0.1) is 6.10 Å². The van der Waals surface area contributed by atoms with Crippen molar-refractivity contribution in [1.29, 1.82) is 0 Å². The van der Waals surface area contributed by atoms with E-state index in [1.165, 1.54) is 11.1 Å². The van der Waals surface area contributed by atoms with Crippen LogP contribution in [0.3, 0.4) is 0 Å². The molecule has 0 aliphatic heterocycles. The third kappa shape index (κ3) is 2.56. The van der Waals surface area contributed by atoms with E-state index < -0.39 is 0 Å². The zero-order valence-corrected chi connectivity index (χ0v) is 8.67. The van der Waals surface area contributed by atoms with Gasteiger partial charge in [-0.15, -0.1) is 0 Å². The average Bonchev–Trinajstić information content (AvgIpc) is 2.16. The minimum Gasteiger partial charge on any atom is -0.389 e. The molecule has 0 amide bonds. The molecule has 0 radical (unpaired) electrons. The van der Waals surface area contributed by atoms with Crippen LogP contribution < -0.4 is 0 Å². The molecule has 1 N–H and O–H groups in total. The number of aryl methyl sites for hydroxylation is 2. The van der Waals surface area contributed by atoms with Gasteiger partial charge in [-0.05, 0) is 36.5 Å². The molecule has 1 heteroatoms. The molecule has 0 saturated carbocycles. The van der Waals surface area contributed by atoms with Gasteiger partial charge in [0.2, 0.25) is 0 Å². The maximum absolute atomic E-state index is 9.46. The molecule has 13 heavy (non-hydrogen) atoms. The second kappa shape index (κ2) is 4.43. The van der Waals surface area contributed by atoms with Crippen molar-refractivity contribution in [2.75, 3.05) is 0 Å². The topological polar surface area (TPSA) is 20.2 Å². The molecule has 0 aliphatic rings. The summed E-state index contributed by atoms with van der Waals surface area (Å²) in [6.07, 6.45) is 1.72. The zero-order chi connectivity index (χ0) is 9.84. The van der Waals surface area contributed by atoms with Crippen molar-refractivity contribution in [3.8, 4) is 0 Å². The van der Waals surface area contributed by atoms with Gasteiger partial charge in [-0.3, -0.25) is 0 Å². The predicted molar refractivity (Wildman–Crippen MR) is 55.8 cm³/mol. The van der Waals surface area contributed by atoms with Gasteiger partial charge in [-0.2, -0.15) is 0 Å². The van der Waals surface area contributed by atoms with Crippen LogP contribution in [0.2, 0.25) is 0 Å². The first-order chi connectivity index (χ1) is 6.17. The van der Waals surface area contributed by atoms with Crippen molar-refractivity contribution in [3.05, 3.63) is 34.9 Å². The lowest BCUT2D eigenvalue weighted by Gasteiger charge is -2.09. The summed E-state index contributed by atoms with van der Waals surface area (Å²) in [7, 11) is 0. The van der Waals surface area contributed by atoms with E-state index in [1.54, 1.807) is 0 Å². The maximum Gasteiger partial charge on any atom is 0.0762 e. The highest BCUT2D eigenvalue weighted by Gasteiger charge is 2.03. The first-order valence-corrected chi connectivity index (χ1v) is 4.98. The van der Waals surface area contributed by atoms with Crippen LogP contribution in [0.25, 0.3) is 0 Å². The summed E-state index contributed by atoms with van der Waals surface area (Å²) in [6, 6.07) is 6.39. The van der Waals surface area contributed by atoms with Crippen molar-refractivity contribution >= 4 is 0 Å². The van der Waals surface area contributed by atoms with Crippen molar-refractivity contribution < 1.29 is 5.11 Å². The summed E-state index contributed by atoms with van der Waals surface area (Å²) in [4.78, 5) is 0. The second-order valence-corrected chi connectivity index (χ2v) is 3.47. The van der Waals surface area contributed by atoms with Gasteiger partial charge < -0.3 is 5.11 Å². The number of rotatable bonds is 3. The average molecular weight is 178 g/mol. The second-order valence-electron chi connectivity index (χ2n) is 3.47. The monoisotopic (exact) mass is 178 g/mol. The minimum atomic E-state index is -0.350. The quantitative estimate of drug-likeness (QED) is 0.754. The third-order valence-corrected chi connectivity index (χ3v) is 2.37. The lowest BCUT2D eigenvalue weighted by molar-refractivity contribution is 0.199. The zero-order valence-electron chi connectivity index (χ0n) is 8.67. The summed E-state index contributed by atoms with van der Waals surface area (Å²) < 4.78 is 0. The molecule has 1 aromatic rings. The van der Waals surface area contributed by atoms with Crippen LogP contribution in [0, 0.1) is 0 Å². The SMILES string of the molecule is CCc1cc(CC)cc(C(C)O)c1. The fourth-order valence-electron chi connectivity index (χ4n) is 1.44. The molecule has 1 atom stereocenters. The molecular formula is C12H18O. The van der Waals surface area contributed by atoms with E-state index in [4.69, 9.17) is 0 Å². The van der Waals surface area contributed by atoms with E-state index in [2.05, 4.69) is 32.0 Å².